The van der Waals surface area contributed by atoms with Gasteiger partial charge in [-0.15, -0.1) is 0 Å². The van der Waals surface area contributed by atoms with E-state index in [2.05, 4.69) is 5.32 Å². The van der Waals surface area contributed by atoms with Gasteiger partial charge in [-0.25, -0.2) is 0 Å². The molecular weight excluding hydrogens is 234 g/mol. The lowest BCUT2D eigenvalue weighted by molar-refractivity contribution is -0.168. The molecule has 96 valence electrons. The Kier molecular flexibility index (Phi) is 3.94. The van der Waals surface area contributed by atoms with Gasteiger partial charge in [-0.3, -0.25) is 9.59 Å². The predicted octanol–water partition coefficient (Wildman–Crippen LogP) is 0.981. The number of hydrogen-bond acceptors (Lipinski definition) is 4. The van der Waals surface area contributed by atoms with Crippen LogP contribution in [0.2, 0.25) is 0 Å². The monoisotopic (exact) mass is 249 g/mol. The molecule has 5 heteroatoms. The fourth-order valence-electron chi connectivity index (χ4n) is 1.82. The van der Waals surface area contributed by atoms with Gasteiger partial charge in [0.15, 0.2) is 0 Å². The molecule has 2 unspecified atom stereocenters. The fourth-order valence-corrected chi connectivity index (χ4v) is 1.82. The van der Waals surface area contributed by atoms with Crippen molar-refractivity contribution in [2.75, 3.05) is 0 Å². The lowest BCUT2D eigenvalue weighted by atomic mass is 10.2. The van der Waals surface area contributed by atoms with E-state index < -0.39 is 12.3 Å². The second-order valence-electron chi connectivity index (χ2n) is 4.17. The van der Waals surface area contributed by atoms with Gasteiger partial charge in [-0.1, -0.05) is 30.3 Å². The van der Waals surface area contributed by atoms with Crippen molar-refractivity contribution < 1.29 is 19.1 Å². The third kappa shape index (κ3) is 3.30. The highest BCUT2D eigenvalue weighted by Gasteiger charge is 2.36. The normalized spacial score (nSPS) is 22.6. The molecule has 1 saturated heterocycles. The number of nitrogens with one attached hydrogen (secondary N) is 1. The largest absolute Gasteiger partial charge is 0.433 e. The van der Waals surface area contributed by atoms with Crippen molar-refractivity contribution in [3.63, 3.8) is 0 Å². The molecule has 5 nitrogen and oxygen atoms in total. The Bertz CT molecular complexity index is 432. The summed E-state index contributed by atoms with van der Waals surface area (Å²) in [7, 11) is 0. The maximum absolute atomic E-state index is 11.2. The molecule has 0 spiro atoms. The zero-order valence-corrected chi connectivity index (χ0v) is 10.1. The quantitative estimate of drug-likeness (QED) is 0.808. The number of cyclic esters (lactones) is 1. The van der Waals surface area contributed by atoms with E-state index in [1.807, 2.05) is 30.3 Å². The first kappa shape index (κ1) is 12.6. The first-order valence-corrected chi connectivity index (χ1v) is 5.77. The summed E-state index contributed by atoms with van der Waals surface area (Å²) in [6, 6.07) is 9.17. The summed E-state index contributed by atoms with van der Waals surface area (Å²) in [5.74, 6) is -0.557. The number of carbonyl (C=O) groups excluding carboxylic acids is 2. The summed E-state index contributed by atoms with van der Waals surface area (Å²) < 4.78 is 10.5. The third-order valence-corrected chi connectivity index (χ3v) is 2.61. The first-order valence-electron chi connectivity index (χ1n) is 5.77. The molecule has 1 aliphatic rings. The average Bonchev–Trinajstić information content (AvgIpc) is 2.67. The second kappa shape index (κ2) is 5.64. The van der Waals surface area contributed by atoms with E-state index in [0.29, 0.717) is 6.61 Å². The van der Waals surface area contributed by atoms with Gasteiger partial charge >= 0.3 is 5.97 Å². The van der Waals surface area contributed by atoms with Crippen LogP contribution in [-0.2, 0) is 25.7 Å². The maximum Gasteiger partial charge on any atom is 0.310 e. The van der Waals surface area contributed by atoms with Gasteiger partial charge in [0.05, 0.1) is 13.0 Å². The van der Waals surface area contributed by atoms with E-state index in [4.69, 9.17) is 9.47 Å². The SMILES string of the molecule is CC(=O)NC1CC(=O)OC1OCc1ccccc1. The Balaban J connectivity index is 1.91. The topological polar surface area (TPSA) is 64.6 Å². The van der Waals surface area contributed by atoms with Crippen LogP contribution in [0.3, 0.4) is 0 Å². The molecular formula is C13H15NO4. The van der Waals surface area contributed by atoms with Crippen molar-refractivity contribution in [3.05, 3.63) is 35.9 Å². The summed E-state index contributed by atoms with van der Waals surface area (Å²) >= 11 is 0. The molecule has 1 aliphatic heterocycles. The van der Waals surface area contributed by atoms with Crippen LogP contribution in [0.4, 0.5) is 0 Å². The number of carbonyl (C=O) groups is 2. The van der Waals surface area contributed by atoms with Gasteiger partial charge in [0.25, 0.3) is 0 Å². The molecule has 18 heavy (non-hydrogen) atoms. The third-order valence-electron chi connectivity index (χ3n) is 2.61. The Morgan fingerprint density at radius 1 is 1.44 bits per heavy atom. The van der Waals surface area contributed by atoms with Crippen molar-refractivity contribution in [1.82, 2.24) is 5.32 Å². The molecule has 1 amide bonds. The molecule has 1 fully saturated rings. The molecule has 0 radical (unpaired) electrons. The van der Waals surface area contributed by atoms with Crippen molar-refractivity contribution >= 4 is 11.9 Å². The average molecular weight is 249 g/mol. The minimum absolute atomic E-state index is 0.152. The summed E-state index contributed by atoms with van der Waals surface area (Å²) in [5.41, 5.74) is 0.988. The molecule has 2 rings (SSSR count). The number of amides is 1. The van der Waals surface area contributed by atoms with Crippen LogP contribution in [0.5, 0.6) is 0 Å². The molecule has 1 aromatic carbocycles. The lowest BCUT2D eigenvalue weighted by Crippen LogP contribution is -2.40. The van der Waals surface area contributed by atoms with Crippen molar-refractivity contribution in [1.29, 1.82) is 0 Å². The van der Waals surface area contributed by atoms with Gasteiger partial charge in [-0.05, 0) is 5.56 Å². The van der Waals surface area contributed by atoms with Crippen LogP contribution in [0, 0.1) is 0 Å². The number of benzene rings is 1. The minimum Gasteiger partial charge on any atom is -0.433 e. The van der Waals surface area contributed by atoms with Gasteiger partial charge in [-0.2, -0.15) is 0 Å². The van der Waals surface area contributed by atoms with Crippen LogP contribution < -0.4 is 5.32 Å². The van der Waals surface area contributed by atoms with Crippen LogP contribution in [-0.4, -0.2) is 24.2 Å². The first-order chi connectivity index (χ1) is 8.65. The molecule has 2 atom stereocenters. The van der Waals surface area contributed by atoms with E-state index >= 15 is 0 Å². The van der Waals surface area contributed by atoms with Crippen LogP contribution >= 0.6 is 0 Å². The van der Waals surface area contributed by atoms with Crippen molar-refractivity contribution in [2.45, 2.75) is 32.3 Å². The van der Waals surface area contributed by atoms with Gasteiger partial charge in [0, 0.05) is 6.92 Å². The van der Waals surface area contributed by atoms with Crippen molar-refractivity contribution in [3.8, 4) is 0 Å². The molecule has 1 heterocycles. The Labute approximate surface area is 105 Å². The van der Waals surface area contributed by atoms with Crippen LogP contribution in [0.15, 0.2) is 30.3 Å². The standard InChI is InChI=1S/C13H15NO4/c1-9(15)14-11-7-12(16)18-13(11)17-8-10-5-3-2-4-6-10/h2-6,11,13H,7-8H2,1H3,(H,14,15). The predicted molar refractivity (Wildman–Crippen MR) is 63.3 cm³/mol. The summed E-state index contributed by atoms with van der Waals surface area (Å²) in [4.78, 5) is 22.2. The minimum atomic E-state index is -0.707. The van der Waals surface area contributed by atoms with Gasteiger partial charge in [0.1, 0.15) is 6.04 Å². The highest BCUT2D eigenvalue weighted by atomic mass is 16.7. The van der Waals surface area contributed by atoms with Crippen LogP contribution in [0.25, 0.3) is 0 Å². The summed E-state index contributed by atoms with van der Waals surface area (Å²) in [5, 5.41) is 2.65. The summed E-state index contributed by atoms with van der Waals surface area (Å²) in [6.07, 6.45) is -0.555. The summed E-state index contributed by atoms with van der Waals surface area (Å²) in [6.45, 7) is 1.74. The smallest absolute Gasteiger partial charge is 0.310 e. The van der Waals surface area contributed by atoms with E-state index in [0.717, 1.165) is 5.56 Å². The number of ether oxygens (including phenoxy) is 2. The molecule has 1 aromatic rings. The highest BCUT2D eigenvalue weighted by Crippen LogP contribution is 2.17. The number of esters is 1. The Morgan fingerprint density at radius 3 is 2.83 bits per heavy atom. The second-order valence-corrected chi connectivity index (χ2v) is 4.17. The highest BCUT2D eigenvalue weighted by molar-refractivity contribution is 5.77. The van der Waals surface area contributed by atoms with Gasteiger partial charge in [0.2, 0.25) is 12.2 Å². The Morgan fingerprint density at radius 2 is 2.17 bits per heavy atom. The fraction of sp³-hybridized carbons (Fsp3) is 0.385. The van der Waals surface area contributed by atoms with E-state index in [1.54, 1.807) is 0 Å². The molecule has 0 aromatic heterocycles. The van der Waals surface area contributed by atoms with Crippen molar-refractivity contribution in [2.24, 2.45) is 0 Å². The molecule has 0 aliphatic carbocycles. The van der Waals surface area contributed by atoms with Crippen LogP contribution in [0.1, 0.15) is 18.9 Å². The molecule has 0 saturated carbocycles. The zero-order chi connectivity index (χ0) is 13.0. The van der Waals surface area contributed by atoms with Gasteiger partial charge < -0.3 is 14.8 Å². The number of hydrogen-bond donors (Lipinski definition) is 1. The van der Waals surface area contributed by atoms with E-state index in [-0.39, 0.29) is 18.3 Å². The van der Waals surface area contributed by atoms with E-state index in [1.165, 1.54) is 6.92 Å². The molecule has 1 N–H and O–H groups in total. The maximum atomic E-state index is 11.2. The Hall–Kier alpha value is -1.88. The zero-order valence-electron chi connectivity index (χ0n) is 10.1. The number of rotatable bonds is 4. The lowest BCUT2D eigenvalue weighted by Gasteiger charge is -2.18. The van der Waals surface area contributed by atoms with E-state index in [9.17, 15) is 9.59 Å². The molecule has 0 bridgehead atoms.